The fourth-order valence-corrected chi connectivity index (χ4v) is 0.974. The summed E-state index contributed by atoms with van der Waals surface area (Å²) >= 11 is 0. The zero-order valence-electron chi connectivity index (χ0n) is 10.1. The molecule has 1 N–H and O–H groups in total. The minimum atomic E-state index is -1.75. The van der Waals surface area contributed by atoms with Gasteiger partial charge in [0, 0.05) is 0 Å². The smallest absolute Gasteiger partial charge is 0.497 e. The largest absolute Gasteiger partial charge is 1.00 e. The van der Waals surface area contributed by atoms with Gasteiger partial charge in [-0.05, 0) is 0 Å². The van der Waals surface area contributed by atoms with Crippen molar-refractivity contribution in [2.24, 2.45) is 0 Å². The summed E-state index contributed by atoms with van der Waals surface area (Å²) in [5.74, 6) is -1.21. The molecule has 0 saturated carbocycles. The standard InChI is InChI=1S/C6H3N3O7.NO3.Na/c10-6-4(8(13)14)1-3(7(11)12)2-5(6)9(15)16;2-1(3)4;/h1-2,10H;;/q;-1;+1. The van der Waals surface area contributed by atoms with Crippen LogP contribution in [0.2, 0.25) is 0 Å². The van der Waals surface area contributed by atoms with Crippen molar-refractivity contribution >= 4 is 17.1 Å². The molecule has 14 nitrogen and oxygen atoms in total. The van der Waals surface area contributed by atoms with Crippen LogP contribution >= 0.6 is 0 Å². The first-order valence-electron chi connectivity index (χ1n) is 4.19. The first-order chi connectivity index (χ1) is 9.07. The quantitative estimate of drug-likeness (QED) is 0.363. The van der Waals surface area contributed by atoms with E-state index in [9.17, 15) is 30.3 Å². The molecule has 0 aliphatic heterocycles. The maximum atomic E-state index is 10.4. The number of hydrogen-bond acceptors (Lipinski definition) is 10. The van der Waals surface area contributed by atoms with Crippen LogP contribution in [0.3, 0.4) is 0 Å². The molecular formula is C6H3N4NaO10. The molecule has 0 aliphatic rings. The van der Waals surface area contributed by atoms with Crippen molar-refractivity contribution in [1.29, 1.82) is 0 Å². The molecule has 21 heavy (non-hydrogen) atoms. The Bertz CT molecular complexity index is 550. The average Bonchev–Trinajstić information content (AvgIpc) is 2.27. The molecule has 0 saturated heterocycles. The molecular weight excluding hydrogens is 311 g/mol. The summed E-state index contributed by atoms with van der Waals surface area (Å²) in [7, 11) is 0. The summed E-state index contributed by atoms with van der Waals surface area (Å²) in [6, 6.07) is 0.894. The Morgan fingerprint density at radius 1 is 0.762 bits per heavy atom. The van der Waals surface area contributed by atoms with Crippen LogP contribution in [-0.2, 0) is 0 Å². The van der Waals surface area contributed by atoms with Gasteiger partial charge in [0.25, 0.3) is 11.4 Å². The maximum Gasteiger partial charge on any atom is 1.00 e. The van der Waals surface area contributed by atoms with E-state index < -0.39 is 42.7 Å². The third kappa shape index (κ3) is 6.41. The van der Waals surface area contributed by atoms with Gasteiger partial charge >= 0.3 is 40.9 Å². The Hall–Kier alpha value is -2.58. The number of nitrogens with zero attached hydrogens (tertiary/aromatic N) is 4. The number of benzene rings is 1. The Labute approximate surface area is 135 Å². The summed E-state index contributed by atoms with van der Waals surface area (Å²) in [5.41, 5.74) is -3.00. The van der Waals surface area contributed by atoms with Crippen LogP contribution in [0.5, 0.6) is 5.75 Å². The van der Waals surface area contributed by atoms with Gasteiger partial charge < -0.3 is 20.4 Å². The number of nitro benzene ring substituents is 3. The van der Waals surface area contributed by atoms with Crippen LogP contribution in [-0.4, -0.2) is 25.0 Å². The van der Waals surface area contributed by atoms with Gasteiger partial charge in [-0.25, -0.2) is 0 Å². The molecule has 0 aromatic heterocycles. The van der Waals surface area contributed by atoms with Gasteiger partial charge in [0.05, 0.1) is 32.0 Å². The van der Waals surface area contributed by atoms with Crippen molar-refractivity contribution in [2.45, 2.75) is 0 Å². The summed E-state index contributed by atoms with van der Waals surface area (Å²) in [4.78, 5) is 36.0. The average molecular weight is 314 g/mol. The van der Waals surface area contributed by atoms with E-state index in [1.54, 1.807) is 0 Å². The zero-order valence-corrected chi connectivity index (χ0v) is 12.1. The molecule has 108 valence electrons. The topological polar surface area (TPSA) is 216 Å². The summed E-state index contributed by atoms with van der Waals surface area (Å²) in [6.07, 6.45) is 0. The van der Waals surface area contributed by atoms with Crippen molar-refractivity contribution in [3.63, 3.8) is 0 Å². The Morgan fingerprint density at radius 3 is 1.24 bits per heavy atom. The second-order valence-corrected chi connectivity index (χ2v) is 2.83. The third-order valence-corrected chi connectivity index (χ3v) is 1.66. The second-order valence-electron chi connectivity index (χ2n) is 2.83. The number of rotatable bonds is 3. The fourth-order valence-electron chi connectivity index (χ4n) is 0.974. The van der Waals surface area contributed by atoms with Gasteiger partial charge in [-0.1, -0.05) is 0 Å². The van der Waals surface area contributed by atoms with Gasteiger partial charge in [0.2, 0.25) is 0 Å². The van der Waals surface area contributed by atoms with E-state index in [2.05, 4.69) is 0 Å². The van der Waals surface area contributed by atoms with Crippen molar-refractivity contribution < 1.29 is 54.5 Å². The molecule has 0 fully saturated rings. The predicted molar refractivity (Wildman–Crippen MR) is 58.4 cm³/mol. The van der Waals surface area contributed by atoms with E-state index in [-0.39, 0.29) is 29.6 Å². The normalized spacial score (nSPS) is 8.57. The second kappa shape index (κ2) is 8.56. The third-order valence-electron chi connectivity index (χ3n) is 1.66. The van der Waals surface area contributed by atoms with Gasteiger partial charge in [-0.15, -0.1) is 0 Å². The van der Waals surface area contributed by atoms with Gasteiger partial charge in [0.15, 0.2) is 0 Å². The SMILES string of the molecule is O=[N+]([O-])[O-].O=[N+]([O-])c1cc([N+](=O)[O-])c(O)c([N+](=O)[O-])c1.[Na+]. The molecule has 1 aromatic rings. The Balaban J connectivity index is 0. The first kappa shape index (κ1) is 20.7. The minimum absolute atomic E-state index is 0. The number of nitro groups is 3. The number of hydrogen-bond donors (Lipinski definition) is 1. The van der Waals surface area contributed by atoms with E-state index in [0.29, 0.717) is 12.1 Å². The molecule has 0 aliphatic carbocycles. The number of aromatic hydroxyl groups is 1. The van der Waals surface area contributed by atoms with E-state index in [1.807, 2.05) is 0 Å². The van der Waals surface area contributed by atoms with Crippen molar-refractivity contribution in [1.82, 2.24) is 0 Å². The molecule has 0 heterocycles. The summed E-state index contributed by atoms with van der Waals surface area (Å²) in [6.45, 7) is 0. The number of phenolic OH excluding ortho intramolecular Hbond substituents is 1. The molecule has 0 amide bonds. The van der Waals surface area contributed by atoms with Crippen LogP contribution < -0.4 is 29.6 Å². The Morgan fingerprint density at radius 2 is 1.05 bits per heavy atom. The van der Waals surface area contributed by atoms with E-state index in [1.165, 1.54) is 0 Å². The maximum absolute atomic E-state index is 10.4. The fraction of sp³-hybridized carbons (Fsp3) is 0. The first-order valence-corrected chi connectivity index (χ1v) is 4.19. The molecule has 0 atom stereocenters. The monoisotopic (exact) mass is 314 g/mol. The number of non-ortho nitro benzene ring substituents is 1. The molecule has 0 spiro atoms. The molecule has 0 radical (unpaired) electrons. The molecule has 1 rings (SSSR count). The molecule has 0 bridgehead atoms. The van der Waals surface area contributed by atoms with Crippen LogP contribution in [0.4, 0.5) is 17.1 Å². The van der Waals surface area contributed by atoms with Crippen LogP contribution in [0.25, 0.3) is 0 Å². The Kier molecular flexibility index (Phi) is 8.45. The van der Waals surface area contributed by atoms with E-state index in [0.717, 1.165) is 0 Å². The van der Waals surface area contributed by atoms with Crippen LogP contribution in [0.15, 0.2) is 12.1 Å². The van der Waals surface area contributed by atoms with Gasteiger partial charge in [-0.2, -0.15) is 0 Å². The summed E-state index contributed by atoms with van der Waals surface area (Å²) in [5, 5.41) is 55.0. The van der Waals surface area contributed by atoms with Crippen molar-refractivity contribution in [2.75, 3.05) is 0 Å². The van der Waals surface area contributed by atoms with E-state index in [4.69, 9.17) is 20.4 Å². The predicted octanol–water partition coefficient (Wildman–Crippen LogP) is -2.12. The summed E-state index contributed by atoms with van der Waals surface area (Å²) < 4.78 is 0. The molecule has 0 unspecified atom stereocenters. The molecule has 15 heteroatoms. The van der Waals surface area contributed by atoms with E-state index >= 15 is 0 Å². The van der Waals surface area contributed by atoms with Gasteiger partial charge in [-0.3, -0.25) is 30.3 Å². The van der Waals surface area contributed by atoms with Crippen LogP contribution in [0.1, 0.15) is 0 Å². The number of phenols is 1. The van der Waals surface area contributed by atoms with Crippen molar-refractivity contribution in [3.05, 3.63) is 57.8 Å². The van der Waals surface area contributed by atoms with Crippen LogP contribution in [0, 0.1) is 45.7 Å². The minimum Gasteiger partial charge on any atom is -0.497 e. The van der Waals surface area contributed by atoms with Gasteiger partial charge in [0.1, 0.15) is 0 Å². The van der Waals surface area contributed by atoms with Crippen molar-refractivity contribution in [3.8, 4) is 5.75 Å². The molecule has 1 aromatic carbocycles. The zero-order chi connectivity index (χ0) is 16.0.